The number of benzene rings is 1. The summed E-state index contributed by atoms with van der Waals surface area (Å²) in [6.45, 7) is 7.88. The number of hydrogen-bond acceptors (Lipinski definition) is 2. The van der Waals surface area contributed by atoms with Crippen molar-refractivity contribution in [1.82, 2.24) is 10.2 Å². The summed E-state index contributed by atoms with van der Waals surface area (Å²) in [5.74, 6) is -0.145. The first-order valence-corrected chi connectivity index (χ1v) is 7.70. The molecule has 3 heteroatoms. The van der Waals surface area contributed by atoms with Crippen molar-refractivity contribution >= 4 is 0 Å². The lowest BCUT2D eigenvalue weighted by Gasteiger charge is -2.39. The van der Waals surface area contributed by atoms with Gasteiger partial charge < -0.3 is 10.2 Å². The third kappa shape index (κ3) is 4.03. The number of rotatable bonds is 5. The fourth-order valence-corrected chi connectivity index (χ4v) is 2.93. The van der Waals surface area contributed by atoms with Crippen molar-refractivity contribution in [3.05, 3.63) is 35.6 Å². The zero-order valence-corrected chi connectivity index (χ0v) is 13.0. The summed E-state index contributed by atoms with van der Waals surface area (Å²) in [7, 11) is 2.19. The monoisotopic (exact) mass is 278 g/mol. The molecule has 1 atom stereocenters. The lowest BCUT2D eigenvalue weighted by atomic mass is 9.80. The minimum atomic E-state index is -0.145. The van der Waals surface area contributed by atoms with Crippen LogP contribution in [0.5, 0.6) is 0 Å². The van der Waals surface area contributed by atoms with Crippen molar-refractivity contribution in [3.8, 4) is 0 Å². The highest BCUT2D eigenvalue weighted by atomic mass is 19.1. The van der Waals surface area contributed by atoms with Crippen LogP contribution in [-0.4, -0.2) is 31.6 Å². The molecule has 0 bridgehead atoms. The highest BCUT2D eigenvalue weighted by molar-refractivity contribution is 5.20. The van der Waals surface area contributed by atoms with Crippen molar-refractivity contribution in [2.24, 2.45) is 5.41 Å². The van der Waals surface area contributed by atoms with E-state index in [1.54, 1.807) is 12.1 Å². The van der Waals surface area contributed by atoms with Crippen molar-refractivity contribution in [2.75, 3.05) is 26.7 Å². The number of piperidine rings is 1. The third-order valence-corrected chi connectivity index (χ3v) is 4.63. The topological polar surface area (TPSA) is 15.3 Å². The number of halogens is 1. The minimum absolute atomic E-state index is 0.145. The Morgan fingerprint density at radius 2 is 2.05 bits per heavy atom. The number of hydrogen-bond donors (Lipinski definition) is 1. The standard InChI is InChI=1S/C17H27FN2/c1-4-16(14-6-5-7-15(18)12-14)19-13-17(2)8-10-20(3)11-9-17/h5-7,12,16,19H,4,8-11,13H2,1-3H3. The second kappa shape index (κ2) is 6.68. The molecule has 1 fully saturated rings. The van der Waals surface area contributed by atoms with Crippen LogP contribution in [0, 0.1) is 11.2 Å². The van der Waals surface area contributed by atoms with Crippen LogP contribution in [0.1, 0.15) is 44.7 Å². The van der Waals surface area contributed by atoms with Crippen molar-refractivity contribution < 1.29 is 4.39 Å². The molecule has 0 aliphatic carbocycles. The molecule has 0 radical (unpaired) electrons. The van der Waals surface area contributed by atoms with Gasteiger partial charge in [0.15, 0.2) is 0 Å². The fourth-order valence-electron chi connectivity index (χ4n) is 2.93. The van der Waals surface area contributed by atoms with Gasteiger partial charge in [-0.1, -0.05) is 26.0 Å². The largest absolute Gasteiger partial charge is 0.309 e. The molecule has 1 aromatic rings. The van der Waals surface area contributed by atoms with Gasteiger partial charge in [0.25, 0.3) is 0 Å². The molecule has 1 aromatic carbocycles. The lowest BCUT2D eigenvalue weighted by molar-refractivity contribution is 0.133. The first-order chi connectivity index (χ1) is 9.52. The summed E-state index contributed by atoms with van der Waals surface area (Å²) in [6, 6.07) is 7.22. The van der Waals surface area contributed by atoms with Gasteiger partial charge in [-0.15, -0.1) is 0 Å². The Morgan fingerprint density at radius 3 is 2.65 bits per heavy atom. The summed E-state index contributed by atoms with van der Waals surface area (Å²) in [6.07, 6.45) is 3.45. The molecular weight excluding hydrogens is 251 g/mol. The van der Waals surface area contributed by atoms with Crippen molar-refractivity contribution in [1.29, 1.82) is 0 Å². The Kier molecular flexibility index (Phi) is 5.17. The Labute approximate surface area is 122 Å². The van der Waals surface area contributed by atoms with E-state index >= 15 is 0 Å². The first kappa shape index (κ1) is 15.5. The van der Waals surface area contributed by atoms with E-state index in [-0.39, 0.29) is 11.9 Å². The molecule has 20 heavy (non-hydrogen) atoms. The van der Waals surface area contributed by atoms with E-state index in [1.165, 1.54) is 32.0 Å². The molecule has 0 aromatic heterocycles. The number of likely N-dealkylation sites (tertiary alicyclic amines) is 1. The fraction of sp³-hybridized carbons (Fsp3) is 0.647. The zero-order valence-electron chi connectivity index (χ0n) is 13.0. The molecule has 2 rings (SSSR count). The minimum Gasteiger partial charge on any atom is -0.309 e. The maximum Gasteiger partial charge on any atom is 0.123 e. The van der Waals surface area contributed by atoms with Crippen LogP contribution >= 0.6 is 0 Å². The average Bonchev–Trinajstić information content (AvgIpc) is 2.43. The summed E-state index contributed by atoms with van der Waals surface area (Å²) in [5.41, 5.74) is 1.43. The first-order valence-electron chi connectivity index (χ1n) is 7.70. The van der Waals surface area contributed by atoms with Crippen LogP contribution < -0.4 is 5.32 Å². The van der Waals surface area contributed by atoms with Gasteiger partial charge in [-0.2, -0.15) is 0 Å². The molecule has 0 spiro atoms. The van der Waals surface area contributed by atoms with Crippen LogP contribution in [0.25, 0.3) is 0 Å². The van der Waals surface area contributed by atoms with Crippen molar-refractivity contribution in [2.45, 2.75) is 39.2 Å². The van der Waals surface area contributed by atoms with Crippen LogP contribution in [0.3, 0.4) is 0 Å². The van der Waals surface area contributed by atoms with Gasteiger partial charge in [0.05, 0.1) is 0 Å². The maximum absolute atomic E-state index is 13.3. The van der Waals surface area contributed by atoms with Gasteiger partial charge in [-0.3, -0.25) is 0 Å². The predicted octanol–water partition coefficient (Wildman–Crippen LogP) is 3.60. The van der Waals surface area contributed by atoms with Crippen LogP contribution in [-0.2, 0) is 0 Å². The summed E-state index contributed by atoms with van der Waals surface area (Å²) in [4.78, 5) is 2.39. The normalized spacial score (nSPS) is 20.8. The smallest absolute Gasteiger partial charge is 0.123 e. The molecule has 1 saturated heterocycles. The van der Waals surface area contributed by atoms with E-state index in [2.05, 4.69) is 31.1 Å². The molecule has 2 nitrogen and oxygen atoms in total. The maximum atomic E-state index is 13.3. The van der Waals surface area contributed by atoms with Crippen LogP contribution in [0.2, 0.25) is 0 Å². The molecule has 1 N–H and O–H groups in total. The Balaban J connectivity index is 1.94. The van der Waals surface area contributed by atoms with Gasteiger partial charge in [0.1, 0.15) is 5.82 Å². The van der Waals surface area contributed by atoms with E-state index in [0.29, 0.717) is 5.41 Å². The van der Waals surface area contributed by atoms with Crippen LogP contribution in [0.15, 0.2) is 24.3 Å². The van der Waals surface area contributed by atoms with Gasteiger partial charge in [0.2, 0.25) is 0 Å². The van der Waals surface area contributed by atoms with E-state index in [0.717, 1.165) is 18.5 Å². The van der Waals surface area contributed by atoms with Crippen molar-refractivity contribution in [3.63, 3.8) is 0 Å². The third-order valence-electron chi connectivity index (χ3n) is 4.63. The second-order valence-electron chi connectivity index (χ2n) is 6.51. The molecule has 1 aliphatic heterocycles. The quantitative estimate of drug-likeness (QED) is 0.885. The van der Waals surface area contributed by atoms with Gasteiger partial charge >= 0.3 is 0 Å². The molecule has 0 amide bonds. The highest BCUT2D eigenvalue weighted by Gasteiger charge is 2.29. The van der Waals surface area contributed by atoms with E-state index in [4.69, 9.17) is 0 Å². The Morgan fingerprint density at radius 1 is 1.35 bits per heavy atom. The number of nitrogens with one attached hydrogen (secondary N) is 1. The summed E-state index contributed by atoms with van der Waals surface area (Å²) < 4.78 is 13.3. The van der Waals surface area contributed by atoms with E-state index in [9.17, 15) is 4.39 Å². The zero-order chi connectivity index (χ0) is 14.6. The van der Waals surface area contributed by atoms with Crippen LogP contribution in [0.4, 0.5) is 4.39 Å². The molecule has 1 aliphatic rings. The highest BCUT2D eigenvalue weighted by Crippen LogP contribution is 2.30. The summed E-state index contributed by atoms with van der Waals surface area (Å²) >= 11 is 0. The SMILES string of the molecule is CCC(NCC1(C)CCN(C)CC1)c1cccc(F)c1. The van der Waals surface area contributed by atoms with E-state index < -0.39 is 0 Å². The Bertz CT molecular complexity index is 425. The average molecular weight is 278 g/mol. The molecule has 0 saturated carbocycles. The van der Waals surface area contributed by atoms with Gasteiger partial charge in [-0.25, -0.2) is 4.39 Å². The molecule has 1 unspecified atom stereocenters. The molecule has 1 heterocycles. The molecule has 112 valence electrons. The van der Waals surface area contributed by atoms with Gasteiger partial charge in [-0.05, 0) is 62.5 Å². The second-order valence-corrected chi connectivity index (χ2v) is 6.51. The molecular formula is C17H27FN2. The van der Waals surface area contributed by atoms with E-state index in [1.807, 2.05) is 6.07 Å². The lowest BCUT2D eigenvalue weighted by Crippen LogP contribution is -2.42. The Hall–Kier alpha value is -0.930. The summed E-state index contributed by atoms with van der Waals surface area (Å²) in [5, 5.41) is 3.65. The predicted molar refractivity (Wildman–Crippen MR) is 82.3 cm³/mol. The number of nitrogens with zero attached hydrogens (tertiary/aromatic N) is 1. The van der Waals surface area contributed by atoms with Gasteiger partial charge in [0, 0.05) is 12.6 Å².